The van der Waals surface area contributed by atoms with Crippen molar-refractivity contribution in [1.29, 1.82) is 0 Å². The average Bonchev–Trinajstić information content (AvgIpc) is 2.43. The van der Waals surface area contributed by atoms with Gasteiger partial charge in [0.05, 0.1) is 7.11 Å². The Hall–Kier alpha value is -1.06. The maximum atomic E-state index is 5.24. The molecule has 0 aromatic heterocycles. The zero-order valence-corrected chi connectivity index (χ0v) is 12.6. The normalized spacial score (nSPS) is 10.9. The van der Waals surface area contributed by atoms with E-state index in [1.165, 1.54) is 24.8 Å². The van der Waals surface area contributed by atoms with Crippen LogP contribution in [-0.4, -0.2) is 38.7 Å². The Morgan fingerprint density at radius 2 is 2.05 bits per heavy atom. The van der Waals surface area contributed by atoms with Crippen LogP contribution in [0.5, 0.6) is 5.75 Å². The van der Waals surface area contributed by atoms with Gasteiger partial charge in [-0.1, -0.05) is 31.9 Å². The maximum absolute atomic E-state index is 5.24. The molecule has 0 bridgehead atoms. The van der Waals surface area contributed by atoms with Crippen LogP contribution in [0.3, 0.4) is 0 Å². The summed E-state index contributed by atoms with van der Waals surface area (Å²) in [5.74, 6) is 0.934. The fraction of sp³-hybridized carbons (Fsp3) is 0.625. The van der Waals surface area contributed by atoms with E-state index in [0.29, 0.717) is 0 Å². The van der Waals surface area contributed by atoms with E-state index in [1.54, 1.807) is 7.11 Å². The second-order valence-electron chi connectivity index (χ2n) is 5.05. The lowest BCUT2D eigenvalue weighted by Gasteiger charge is -2.17. The van der Waals surface area contributed by atoms with Crippen molar-refractivity contribution in [2.75, 3.05) is 33.8 Å². The third-order valence-corrected chi connectivity index (χ3v) is 3.21. The first kappa shape index (κ1) is 16.0. The summed E-state index contributed by atoms with van der Waals surface area (Å²) in [7, 11) is 3.87. The molecule has 0 heterocycles. The van der Waals surface area contributed by atoms with Crippen LogP contribution in [0.15, 0.2) is 24.3 Å². The highest BCUT2D eigenvalue weighted by Gasteiger charge is 2.01. The van der Waals surface area contributed by atoms with Crippen LogP contribution in [0, 0.1) is 0 Å². The van der Waals surface area contributed by atoms with E-state index < -0.39 is 0 Å². The minimum Gasteiger partial charge on any atom is -0.497 e. The molecule has 0 aliphatic heterocycles. The van der Waals surface area contributed by atoms with Crippen LogP contribution in [0.25, 0.3) is 0 Å². The second-order valence-corrected chi connectivity index (χ2v) is 5.05. The number of rotatable bonds is 10. The number of likely N-dealkylation sites (N-methyl/N-ethyl adjacent to an activating group) is 1. The molecular weight excluding hydrogens is 236 g/mol. The number of hydrogen-bond acceptors (Lipinski definition) is 3. The summed E-state index contributed by atoms with van der Waals surface area (Å²) in [6.07, 6.45) is 3.90. The zero-order chi connectivity index (χ0) is 13.9. The van der Waals surface area contributed by atoms with Crippen LogP contribution in [0.4, 0.5) is 0 Å². The Balaban J connectivity index is 2.17. The van der Waals surface area contributed by atoms with Gasteiger partial charge < -0.3 is 15.0 Å². The fourth-order valence-corrected chi connectivity index (χ4v) is 2.06. The van der Waals surface area contributed by atoms with Gasteiger partial charge in [-0.15, -0.1) is 0 Å². The van der Waals surface area contributed by atoms with Crippen molar-refractivity contribution in [3.05, 3.63) is 29.8 Å². The zero-order valence-electron chi connectivity index (χ0n) is 12.6. The lowest BCUT2D eigenvalue weighted by atomic mass is 10.2. The fourth-order valence-electron chi connectivity index (χ4n) is 2.06. The molecule has 0 spiro atoms. The van der Waals surface area contributed by atoms with Gasteiger partial charge in [0, 0.05) is 19.6 Å². The molecule has 0 atom stereocenters. The molecule has 0 fully saturated rings. The molecule has 0 saturated carbocycles. The number of ether oxygens (including phenoxy) is 1. The first-order valence-electron chi connectivity index (χ1n) is 7.28. The van der Waals surface area contributed by atoms with Crippen molar-refractivity contribution in [2.45, 2.75) is 32.7 Å². The smallest absolute Gasteiger partial charge is 0.119 e. The summed E-state index contributed by atoms with van der Waals surface area (Å²) in [5.41, 5.74) is 1.30. The Morgan fingerprint density at radius 3 is 2.79 bits per heavy atom. The number of nitrogens with one attached hydrogen (secondary N) is 1. The molecule has 0 unspecified atom stereocenters. The number of hydrogen-bond donors (Lipinski definition) is 1. The highest BCUT2D eigenvalue weighted by molar-refractivity contribution is 5.28. The molecule has 0 aliphatic carbocycles. The Labute approximate surface area is 118 Å². The van der Waals surface area contributed by atoms with Gasteiger partial charge in [0.25, 0.3) is 0 Å². The van der Waals surface area contributed by atoms with Crippen LogP contribution in [-0.2, 0) is 6.54 Å². The molecule has 1 aromatic carbocycles. The average molecular weight is 264 g/mol. The minimum absolute atomic E-state index is 0.934. The molecule has 0 radical (unpaired) electrons. The summed E-state index contributed by atoms with van der Waals surface area (Å²) in [6, 6.07) is 8.28. The van der Waals surface area contributed by atoms with E-state index in [4.69, 9.17) is 4.74 Å². The monoisotopic (exact) mass is 264 g/mol. The lowest BCUT2D eigenvalue weighted by Crippen LogP contribution is -2.29. The SMILES string of the molecule is CCCCCNCCN(C)Cc1cccc(OC)c1. The largest absolute Gasteiger partial charge is 0.497 e. The van der Waals surface area contributed by atoms with Gasteiger partial charge in [-0.05, 0) is 37.7 Å². The summed E-state index contributed by atoms with van der Waals surface area (Å²) in [6.45, 7) is 6.48. The van der Waals surface area contributed by atoms with Gasteiger partial charge in [0.15, 0.2) is 0 Å². The molecule has 3 nitrogen and oxygen atoms in total. The number of unbranched alkanes of at least 4 members (excludes halogenated alkanes) is 2. The van der Waals surface area contributed by atoms with Crippen LogP contribution >= 0.6 is 0 Å². The molecule has 1 aromatic rings. The van der Waals surface area contributed by atoms with Gasteiger partial charge in [0.2, 0.25) is 0 Å². The van der Waals surface area contributed by atoms with Crippen molar-refractivity contribution < 1.29 is 4.74 Å². The van der Waals surface area contributed by atoms with Gasteiger partial charge in [-0.2, -0.15) is 0 Å². The first-order valence-corrected chi connectivity index (χ1v) is 7.28. The van der Waals surface area contributed by atoms with Gasteiger partial charge >= 0.3 is 0 Å². The molecule has 108 valence electrons. The molecule has 0 amide bonds. The third kappa shape index (κ3) is 7.19. The molecule has 19 heavy (non-hydrogen) atoms. The first-order chi connectivity index (χ1) is 9.26. The highest BCUT2D eigenvalue weighted by Crippen LogP contribution is 2.13. The van der Waals surface area contributed by atoms with Gasteiger partial charge in [-0.3, -0.25) is 0 Å². The quantitative estimate of drug-likeness (QED) is 0.658. The predicted octanol–water partition coefficient (Wildman–Crippen LogP) is 2.91. The predicted molar refractivity (Wildman–Crippen MR) is 81.7 cm³/mol. The summed E-state index contributed by atoms with van der Waals surface area (Å²) in [5, 5.41) is 3.49. The van der Waals surface area contributed by atoms with Crippen molar-refractivity contribution in [2.24, 2.45) is 0 Å². The maximum Gasteiger partial charge on any atom is 0.119 e. The van der Waals surface area contributed by atoms with E-state index in [-0.39, 0.29) is 0 Å². The van der Waals surface area contributed by atoms with Gasteiger partial charge in [-0.25, -0.2) is 0 Å². The van der Waals surface area contributed by atoms with E-state index in [0.717, 1.165) is 31.9 Å². The summed E-state index contributed by atoms with van der Waals surface area (Å²) in [4.78, 5) is 2.33. The second kappa shape index (κ2) is 9.82. The van der Waals surface area contributed by atoms with E-state index >= 15 is 0 Å². The van der Waals surface area contributed by atoms with E-state index in [2.05, 4.69) is 36.3 Å². The van der Waals surface area contributed by atoms with Crippen molar-refractivity contribution in [3.8, 4) is 5.75 Å². The Bertz CT molecular complexity index is 341. The Kier molecular flexibility index (Phi) is 8.26. The number of benzene rings is 1. The minimum atomic E-state index is 0.934. The Morgan fingerprint density at radius 1 is 1.21 bits per heavy atom. The lowest BCUT2D eigenvalue weighted by molar-refractivity contribution is 0.323. The van der Waals surface area contributed by atoms with Gasteiger partial charge in [0.1, 0.15) is 5.75 Å². The molecule has 3 heteroatoms. The summed E-state index contributed by atoms with van der Waals surface area (Å²) >= 11 is 0. The standard InChI is InChI=1S/C16H28N2O/c1-4-5-6-10-17-11-12-18(2)14-15-8-7-9-16(13-15)19-3/h7-9,13,17H,4-6,10-12,14H2,1-3H3. The van der Waals surface area contributed by atoms with E-state index in [9.17, 15) is 0 Å². The van der Waals surface area contributed by atoms with Crippen molar-refractivity contribution in [1.82, 2.24) is 10.2 Å². The molecule has 0 aliphatic rings. The van der Waals surface area contributed by atoms with E-state index in [1.807, 2.05) is 12.1 Å². The van der Waals surface area contributed by atoms with Crippen LogP contribution in [0.1, 0.15) is 31.7 Å². The number of nitrogens with zero attached hydrogens (tertiary/aromatic N) is 1. The van der Waals surface area contributed by atoms with Crippen LogP contribution in [0.2, 0.25) is 0 Å². The molecule has 0 saturated heterocycles. The summed E-state index contributed by atoms with van der Waals surface area (Å²) < 4.78 is 5.24. The third-order valence-electron chi connectivity index (χ3n) is 3.21. The molecule has 1 N–H and O–H groups in total. The van der Waals surface area contributed by atoms with Crippen LogP contribution < -0.4 is 10.1 Å². The van der Waals surface area contributed by atoms with Crippen molar-refractivity contribution >= 4 is 0 Å². The highest BCUT2D eigenvalue weighted by atomic mass is 16.5. The molecule has 1 rings (SSSR count). The topological polar surface area (TPSA) is 24.5 Å². The van der Waals surface area contributed by atoms with Crippen molar-refractivity contribution in [3.63, 3.8) is 0 Å². The number of methoxy groups -OCH3 is 1. The molecular formula is C16H28N2O.